The lowest BCUT2D eigenvalue weighted by Crippen LogP contribution is -2.49. The number of β-amino-alcohol motifs (C(OH)–C–C–N with tert-alkyl or cyclic N) is 1. The van der Waals surface area contributed by atoms with Crippen LogP contribution < -0.4 is 5.32 Å². The number of nitrogens with one attached hydrogen (secondary N) is 1. The molecule has 17 heavy (non-hydrogen) atoms. The van der Waals surface area contributed by atoms with Gasteiger partial charge in [0.2, 0.25) is 0 Å². The molecule has 96 valence electrons. The van der Waals surface area contributed by atoms with E-state index in [0.717, 1.165) is 12.8 Å². The summed E-state index contributed by atoms with van der Waals surface area (Å²) in [6.45, 7) is 2.03. The van der Waals surface area contributed by atoms with Crippen LogP contribution in [0.25, 0.3) is 0 Å². The highest BCUT2D eigenvalue weighted by Gasteiger charge is 2.40. The Morgan fingerprint density at radius 2 is 2.06 bits per heavy atom. The molecule has 1 heterocycles. The number of aliphatic hydroxyl groups excluding tert-OH is 1. The van der Waals surface area contributed by atoms with Crippen molar-refractivity contribution in [1.29, 1.82) is 0 Å². The van der Waals surface area contributed by atoms with Crippen LogP contribution >= 0.6 is 0 Å². The Morgan fingerprint density at radius 1 is 1.41 bits per heavy atom. The third kappa shape index (κ3) is 2.69. The maximum atomic E-state index is 11.9. The van der Waals surface area contributed by atoms with Gasteiger partial charge in [-0.05, 0) is 25.7 Å². The predicted molar refractivity (Wildman–Crippen MR) is 59.5 cm³/mol. The van der Waals surface area contributed by atoms with Crippen molar-refractivity contribution >= 4 is 12.0 Å². The molecular formula is C11H18N2O4. The van der Waals surface area contributed by atoms with Gasteiger partial charge in [0.25, 0.3) is 0 Å². The first-order valence-corrected chi connectivity index (χ1v) is 5.97. The predicted octanol–water partition coefficient (Wildman–Crippen LogP) is 0.0143. The number of nitrogens with zero attached hydrogens (tertiary/aromatic N) is 1. The molecule has 1 saturated carbocycles. The van der Waals surface area contributed by atoms with E-state index in [0.29, 0.717) is 5.92 Å². The zero-order chi connectivity index (χ0) is 12.6. The lowest BCUT2D eigenvalue weighted by atomic mass is 10.2. The Hall–Kier alpha value is -1.30. The summed E-state index contributed by atoms with van der Waals surface area (Å²) in [4.78, 5) is 24.1. The number of likely N-dealkylation sites (tertiary alicyclic amines) is 1. The highest BCUT2D eigenvalue weighted by molar-refractivity contribution is 5.83. The van der Waals surface area contributed by atoms with Gasteiger partial charge in [0.05, 0.1) is 6.10 Å². The van der Waals surface area contributed by atoms with Crippen molar-refractivity contribution in [2.45, 2.75) is 44.4 Å². The molecule has 2 fully saturated rings. The fraction of sp³-hybridized carbons (Fsp3) is 0.818. The number of hydrogen-bond donors (Lipinski definition) is 3. The van der Waals surface area contributed by atoms with Crippen molar-refractivity contribution in [1.82, 2.24) is 10.2 Å². The SMILES string of the molecule is CC(NC(=O)N1CC(O)CC1C(=O)O)C1CC1. The topological polar surface area (TPSA) is 89.9 Å². The van der Waals surface area contributed by atoms with Crippen LogP contribution in [0.15, 0.2) is 0 Å². The van der Waals surface area contributed by atoms with Gasteiger partial charge in [-0.15, -0.1) is 0 Å². The fourth-order valence-corrected chi connectivity index (χ4v) is 2.26. The van der Waals surface area contributed by atoms with Gasteiger partial charge >= 0.3 is 12.0 Å². The van der Waals surface area contributed by atoms with Gasteiger partial charge in [0.15, 0.2) is 0 Å². The largest absolute Gasteiger partial charge is 0.480 e. The summed E-state index contributed by atoms with van der Waals surface area (Å²) in [5.41, 5.74) is 0. The average Bonchev–Trinajstić information content (AvgIpc) is 3.01. The molecule has 2 amide bonds. The van der Waals surface area contributed by atoms with E-state index in [9.17, 15) is 14.7 Å². The number of carbonyl (C=O) groups excluding carboxylic acids is 1. The molecule has 1 aliphatic carbocycles. The molecule has 3 atom stereocenters. The quantitative estimate of drug-likeness (QED) is 0.650. The van der Waals surface area contributed by atoms with Gasteiger partial charge in [-0.2, -0.15) is 0 Å². The van der Waals surface area contributed by atoms with Crippen molar-refractivity contribution < 1.29 is 19.8 Å². The Labute approximate surface area is 99.6 Å². The third-order valence-electron chi connectivity index (χ3n) is 3.51. The third-order valence-corrected chi connectivity index (χ3v) is 3.51. The van der Waals surface area contributed by atoms with E-state index in [1.807, 2.05) is 6.92 Å². The molecule has 2 aliphatic rings. The summed E-state index contributed by atoms with van der Waals surface area (Å²) >= 11 is 0. The van der Waals surface area contributed by atoms with Crippen molar-refractivity contribution in [2.75, 3.05) is 6.54 Å². The van der Waals surface area contributed by atoms with E-state index in [1.54, 1.807) is 0 Å². The molecule has 1 saturated heterocycles. The first-order valence-electron chi connectivity index (χ1n) is 5.97. The number of carboxylic acids is 1. The van der Waals surface area contributed by atoms with Crippen LogP contribution in [0.5, 0.6) is 0 Å². The number of urea groups is 1. The standard InChI is InChI=1S/C11H18N2O4/c1-6(7-2-3-7)12-11(17)13-5-8(14)4-9(13)10(15)16/h6-9,14H,2-5H2,1H3,(H,12,17)(H,15,16). The van der Waals surface area contributed by atoms with Crippen LogP contribution in [0.3, 0.4) is 0 Å². The van der Waals surface area contributed by atoms with Crippen molar-refractivity contribution in [2.24, 2.45) is 5.92 Å². The molecule has 3 unspecified atom stereocenters. The minimum atomic E-state index is -1.06. The maximum absolute atomic E-state index is 11.9. The van der Waals surface area contributed by atoms with E-state index >= 15 is 0 Å². The lowest BCUT2D eigenvalue weighted by molar-refractivity contribution is -0.141. The molecule has 0 radical (unpaired) electrons. The number of aliphatic hydroxyl groups is 1. The molecule has 6 heteroatoms. The maximum Gasteiger partial charge on any atom is 0.326 e. The van der Waals surface area contributed by atoms with Gasteiger partial charge in [-0.1, -0.05) is 0 Å². The number of amides is 2. The Kier molecular flexibility index (Phi) is 3.24. The molecule has 0 aromatic heterocycles. The van der Waals surface area contributed by atoms with Gasteiger partial charge in [-0.3, -0.25) is 0 Å². The van der Waals surface area contributed by atoms with Crippen LogP contribution in [0, 0.1) is 5.92 Å². The number of rotatable bonds is 3. The highest BCUT2D eigenvalue weighted by Crippen LogP contribution is 2.32. The zero-order valence-electron chi connectivity index (χ0n) is 9.80. The van der Waals surface area contributed by atoms with E-state index < -0.39 is 18.1 Å². The van der Waals surface area contributed by atoms with Crippen molar-refractivity contribution in [3.8, 4) is 0 Å². The summed E-state index contributed by atoms with van der Waals surface area (Å²) in [5, 5.41) is 21.2. The number of carbonyl (C=O) groups is 2. The molecule has 1 aliphatic heterocycles. The summed E-state index contributed by atoms with van der Waals surface area (Å²) in [6.07, 6.45) is 1.61. The monoisotopic (exact) mass is 242 g/mol. The summed E-state index contributed by atoms with van der Waals surface area (Å²) in [6, 6.07) is -1.21. The van der Waals surface area contributed by atoms with E-state index in [1.165, 1.54) is 4.90 Å². The van der Waals surface area contributed by atoms with E-state index in [4.69, 9.17) is 5.11 Å². The Morgan fingerprint density at radius 3 is 2.59 bits per heavy atom. The molecule has 3 N–H and O–H groups in total. The highest BCUT2D eigenvalue weighted by atomic mass is 16.4. The lowest BCUT2D eigenvalue weighted by Gasteiger charge is -2.24. The van der Waals surface area contributed by atoms with Crippen LogP contribution in [-0.2, 0) is 4.79 Å². The first-order chi connectivity index (χ1) is 7.99. The van der Waals surface area contributed by atoms with Crippen LogP contribution in [0.1, 0.15) is 26.2 Å². The summed E-state index contributed by atoms with van der Waals surface area (Å²) in [5.74, 6) is -0.537. The van der Waals surface area contributed by atoms with E-state index in [-0.39, 0.29) is 25.0 Å². The second kappa shape index (κ2) is 4.52. The molecule has 6 nitrogen and oxygen atoms in total. The zero-order valence-corrected chi connectivity index (χ0v) is 9.80. The summed E-state index contributed by atoms with van der Waals surface area (Å²) in [7, 11) is 0. The number of carboxylic acid groups (broad SMARTS) is 1. The molecular weight excluding hydrogens is 224 g/mol. The van der Waals surface area contributed by atoms with Crippen LogP contribution in [0.2, 0.25) is 0 Å². The van der Waals surface area contributed by atoms with Gasteiger partial charge in [0, 0.05) is 19.0 Å². The second-order valence-corrected chi connectivity index (χ2v) is 4.97. The van der Waals surface area contributed by atoms with Gasteiger partial charge in [-0.25, -0.2) is 9.59 Å². The normalized spacial score (nSPS) is 30.1. The van der Waals surface area contributed by atoms with Gasteiger partial charge in [0.1, 0.15) is 6.04 Å². The first kappa shape index (κ1) is 12.2. The minimum Gasteiger partial charge on any atom is -0.480 e. The van der Waals surface area contributed by atoms with Gasteiger partial charge < -0.3 is 20.4 Å². The molecule has 0 aromatic carbocycles. The minimum absolute atomic E-state index is 0.0784. The van der Waals surface area contributed by atoms with Crippen LogP contribution in [0.4, 0.5) is 4.79 Å². The van der Waals surface area contributed by atoms with E-state index in [2.05, 4.69) is 5.32 Å². The second-order valence-electron chi connectivity index (χ2n) is 4.97. The summed E-state index contributed by atoms with van der Waals surface area (Å²) < 4.78 is 0. The smallest absolute Gasteiger partial charge is 0.326 e. The molecule has 0 spiro atoms. The molecule has 0 bridgehead atoms. The number of hydrogen-bond acceptors (Lipinski definition) is 3. The van der Waals surface area contributed by atoms with Crippen molar-refractivity contribution in [3.63, 3.8) is 0 Å². The molecule has 0 aromatic rings. The average molecular weight is 242 g/mol. The van der Waals surface area contributed by atoms with Crippen LogP contribution in [-0.4, -0.2) is 51.8 Å². The Bertz CT molecular complexity index is 329. The van der Waals surface area contributed by atoms with Crippen molar-refractivity contribution in [3.05, 3.63) is 0 Å². The Balaban J connectivity index is 1.94. The number of aliphatic carboxylic acids is 1. The fourth-order valence-electron chi connectivity index (χ4n) is 2.26. The molecule has 2 rings (SSSR count).